The van der Waals surface area contributed by atoms with E-state index in [4.69, 9.17) is 4.74 Å². The van der Waals surface area contributed by atoms with Crippen LogP contribution in [0.4, 0.5) is 5.69 Å². The molecule has 23 heavy (non-hydrogen) atoms. The zero-order valence-corrected chi connectivity index (χ0v) is 13.5. The maximum Gasteiger partial charge on any atom is 0.310 e. The Hall–Kier alpha value is -2.37. The van der Waals surface area contributed by atoms with Gasteiger partial charge in [0.1, 0.15) is 0 Å². The van der Waals surface area contributed by atoms with Gasteiger partial charge in [-0.3, -0.25) is 14.4 Å². The van der Waals surface area contributed by atoms with E-state index in [1.807, 2.05) is 0 Å². The van der Waals surface area contributed by atoms with Gasteiger partial charge in [0.2, 0.25) is 5.91 Å². The first-order chi connectivity index (χ1) is 11.0. The summed E-state index contributed by atoms with van der Waals surface area (Å²) < 4.78 is 5.05. The molecular weight excluding hydrogens is 296 g/mol. The molecule has 0 aromatic heterocycles. The van der Waals surface area contributed by atoms with E-state index in [2.05, 4.69) is 5.32 Å². The van der Waals surface area contributed by atoms with Crippen molar-refractivity contribution in [2.45, 2.75) is 26.7 Å². The number of hydrogen-bond donors (Lipinski definition) is 1. The van der Waals surface area contributed by atoms with Crippen molar-refractivity contribution in [3.8, 4) is 0 Å². The Morgan fingerprint density at radius 2 is 1.96 bits per heavy atom. The Morgan fingerprint density at radius 1 is 1.26 bits per heavy atom. The van der Waals surface area contributed by atoms with Crippen molar-refractivity contribution >= 4 is 23.5 Å². The normalized spacial score (nSPS) is 17.5. The van der Waals surface area contributed by atoms with Crippen molar-refractivity contribution in [3.63, 3.8) is 0 Å². The SMILES string of the molecule is CCOC(=O)[C@@H]1CCCN(C(=O)c2ccc(NC(C)=O)cc2)C1. The lowest BCUT2D eigenvalue weighted by molar-refractivity contribution is -0.149. The van der Waals surface area contributed by atoms with Gasteiger partial charge in [-0.25, -0.2) is 0 Å². The second-order valence-corrected chi connectivity index (χ2v) is 5.60. The van der Waals surface area contributed by atoms with Crippen molar-refractivity contribution in [2.24, 2.45) is 5.92 Å². The molecule has 1 heterocycles. The van der Waals surface area contributed by atoms with E-state index in [9.17, 15) is 14.4 Å². The molecule has 2 amide bonds. The maximum absolute atomic E-state index is 12.5. The van der Waals surface area contributed by atoms with Crippen molar-refractivity contribution in [2.75, 3.05) is 25.0 Å². The number of anilines is 1. The number of nitrogens with zero attached hydrogens (tertiary/aromatic N) is 1. The highest BCUT2D eigenvalue weighted by atomic mass is 16.5. The number of likely N-dealkylation sites (tertiary alicyclic amines) is 1. The average Bonchev–Trinajstić information content (AvgIpc) is 2.55. The summed E-state index contributed by atoms with van der Waals surface area (Å²) in [4.78, 5) is 37.1. The molecule has 0 radical (unpaired) electrons. The Balaban J connectivity index is 2.01. The predicted octanol–water partition coefficient (Wildman–Crippen LogP) is 2.06. The average molecular weight is 318 g/mol. The van der Waals surface area contributed by atoms with Gasteiger partial charge in [-0.2, -0.15) is 0 Å². The number of benzene rings is 1. The number of rotatable bonds is 4. The number of esters is 1. The van der Waals surface area contributed by atoms with Crippen LogP contribution in [0, 0.1) is 5.92 Å². The van der Waals surface area contributed by atoms with E-state index in [1.54, 1.807) is 36.1 Å². The van der Waals surface area contributed by atoms with Crippen LogP contribution < -0.4 is 5.32 Å². The van der Waals surface area contributed by atoms with Gasteiger partial charge < -0.3 is 15.0 Å². The van der Waals surface area contributed by atoms with Crippen LogP contribution in [0.15, 0.2) is 24.3 Å². The number of ether oxygens (including phenoxy) is 1. The molecule has 0 bridgehead atoms. The number of carbonyl (C=O) groups is 3. The number of nitrogens with one attached hydrogen (secondary N) is 1. The first-order valence-electron chi connectivity index (χ1n) is 7.84. The van der Waals surface area contributed by atoms with Crippen molar-refractivity contribution < 1.29 is 19.1 Å². The smallest absolute Gasteiger partial charge is 0.310 e. The minimum absolute atomic E-state index is 0.103. The summed E-state index contributed by atoms with van der Waals surface area (Å²) in [6, 6.07) is 6.76. The first-order valence-corrected chi connectivity index (χ1v) is 7.84. The second-order valence-electron chi connectivity index (χ2n) is 5.60. The van der Waals surface area contributed by atoms with Crippen LogP contribution in [0.5, 0.6) is 0 Å². The van der Waals surface area contributed by atoms with Crippen LogP contribution in [-0.2, 0) is 14.3 Å². The quantitative estimate of drug-likeness (QED) is 0.862. The molecule has 1 atom stereocenters. The van der Waals surface area contributed by atoms with Crippen LogP contribution >= 0.6 is 0 Å². The topological polar surface area (TPSA) is 75.7 Å². The molecule has 124 valence electrons. The van der Waals surface area contributed by atoms with E-state index >= 15 is 0 Å². The van der Waals surface area contributed by atoms with Gasteiger partial charge >= 0.3 is 5.97 Å². The van der Waals surface area contributed by atoms with E-state index in [-0.39, 0.29) is 23.7 Å². The first kappa shape index (κ1) is 17.0. The monoisotopic (exact) mass is 318 g/mol. The zero-order valence-electron chi connectivity index (χ0n) is 13.5. The summed E-state index contributed by atoms with van der Waals surface area (Å²) in [6.45, 7) is 4.60. The van der Waals surface area contributed by atoms with E-state index in [0.29, 0.717) is 30.9 Å². The summed E-state index contributed by atoms with van der Waals surface area (Å²) in [6.07, 6.45) is 1.54. The number of hydrogen-bond acceptors (Lipinski definition) is 4. The lowest BCUT2D eigenvalue weighted by atomic mass is 9.97. The highest BCUT2D eigenvalue weighted by molar-refractivity contribution is 5.95. The highest BCUT2D eigenvalue weighted by Gasteiger charge is 2.29. The van der Waals surface area contributed by atoms with Gasteiger partial charge in [-0.05, 0) is 44.0 Å². The van der Waals surface area contributed by atoms with Crippen molar-refractivity contribution in [3.05, 3.63) is 29.8 Å². The highest BCUT2D eigenvalue weighted by Crippen LogP contribution is 2.20. The molecule has 1 fully saturated rings. The molecule has 1 aromatic carbocycles. The van der Waals surface area contributed by atoms with Crippen LogP contribution in [0.2, 0.25) is 0 Å². The molecule has 6 heteroatoms. The molecule has 6 nitrogen and oxygen atoms in total. The van der Waals surface area contributed by atoms with Gasteiger partial charge in [0.15, 0.2) is 0 Å². The lowest BCUT2D eigenvalue weighted by Crippen LogP contribution is -2.42. The van der Waals surface area contributed by atoms with Gasteiger partial charge in [0.25, 0.3) is 5.91 Å². The fourth-order valence-electron chi connectivity index (χ4n) is 2.70. The maximum atomic E-state index is 12.5. The van der Waals surface area contributed by atoms with Crippen LogP contribution in [0.1, 0.15) is 37.0 Å². The fraction of sp³-hybridized carbons (Fsp3) is 0.471. The molecule has 0 unspecified atom stereocenters. The number of carbonyl (C=O) groups excluding carboxylic acids is 3. The van der Waals surface area contributed by atoms with Gasteiger partial charge in [0, 0.05) is 31.3 Å². The number of piperidine rings is 1. The van der Waals surface area contributed by atoms with Gasteiger partial charge in [0.05, 0.1) is 12.5 Å². The minimum atomic E-state index is -0.244. The Kier molecular flexibility index (Phi) is 5.73. The molecule has 0 saturated carbocycles. The van der Waals surface area contributed by atoms with Crippen molar-refractivity contribution in [1.29, 1.82) is 0 Å². The van der Waals surface area contributed by atoms with E-state index in [1.165, 1.54) is 6.92 Å². The van der Waals surface area contributed by atoms with Crippen molar-refractivity contribution in [1.82, 2.24) is 4.90 Å². The summed E-state index contributed by atoms with van der Waals surface area (Å²) in [5.74, 6) is -0.733. The molecule has 0 aliphatic carbocycles. The zero-order chi connectivity index (χ0) is 16.8. The lowest BCUT2D eigenvalue weighted by Gasteiger charge is -2.31. The number of amides is 2. The molecule has 0 spiro atoms. The Labute approximate surface area is 135 Å². The minimum Gasteiger partial charge on any atom is -0.466 e. The fourth-order valence-corrected chi connectivity index (χ4v) is 2.70. The van der Waals surface area contributed by atoms with E-state index < -0.39 is 0 Å². The summed E-state index contributed by atoms with van der Waals surface area (Å²) in [5, 5.41) is 2.66. The molecule has 1 N–H and O–H groups in total. The van der Waals surface area contributed by atoms with Gasteiger partial charge in [-0.15, -0.1) is 0 Å². The Morgan fingerprint density at radius 3 is 2.57 bits per heavy atom. The van der Waals surface area contributed by atoms with Crippen LogP contribution in [-0.4, -0.2) is 42.4 Å². The third-order valence-electron chi connectivity index (χ3n) is 3.78. The van der Waals surface area contributed by atoms with E-state index in [0.717, 1.165) is 12.8 Å². The predicted molar refractivity (Wildman–Crippen MR) is 86.0 cm³/mol. The molecule has 1 aliphatic rings. The summed E-state index contributed by atoms with van der Waals surface area (Å²) >= 11 is 0. The largest absolute Gasteiger partial charge is 0.466 e. The molecule has 1 aromatic rings. The molecule has 2 rings (SSSR count). The summed E-state index contributed by atoms with van der Waals surface area (Å²) in [5.41, 5.74) is 1.20. The van der Waals surface area contributed by atoms with Crippen LogP contribution in [0.25, 0.3) is 0 Å². The second kappa shape index (κ2) is 7.76. The summed E-state index contributed by atoms with van der Waals surface area (Å²) in [7, 11) is 0. The third kappa shape index (κ3) is 4.55. The third-order valence-corrected chi connectivity index (χ3v) is 3.78. The Bertz CT molecular complexity index is 583. The standard InChI is InChI=1S/C17H22N2O4/c1-3-23-17(22)14-5-4-10-19(11-14)16(21)13-6-8-15(9-7-13)18-12(2)20/h6-9,14H,3-5,10-11H2,1-2H3,(H,18,20)/t14-/m1/s1. The molecule has 1 saturated heterocycles. The van der Waals surface area contributed by atoms with Crippen LogP contribution in [0.3, 0.4) is 0 Å². The van der Waals surface area contributed by atoms with Gasteiger partial charge in [-0.1, -0.05) is 0 Å². The molecular formula is C17H22N2O4. The molecule has 1 aliphatic heterocycles.